The van der Waals surface area contributed by atoms with E-state index in [4.69, 9.17) is 10.4 Å². The topological polar surface area (TPSA) is 98.5 Å². The molecular formula is C11H18N2O4S. The highest BCUT2D eigenvalue weighted by Crippen LogP contribution is 2.33. The molecule has 1 rings (SSSR count). The van der Waals surface area contributed by atoms with Crippen molar-refractivity contribution in [1.82, 2.24) is 4.31 Å². The molecule has 1 aliphatic rings. The Bertz CT molecular complexity index is 454. The number of nitrogens with zero attached hydrogens (tertiary/aromatic N) is 2. The summed E-state index contributed by atoms with van der Waals surface area (Å²) in [5.74, 6) is -1.88. The molecule has 0 amide bonds. The molecule has 102 valence electrons. The van der Waals surface area contributed by atoms with Crippen LogP contribution in [0.1, 0.15) is 32.6 Å². The summed E-state index contributed by atoms with van der Waals surface area (Å²) in [4.78, 5) is 11.0. The second-order valence-corrected chi connectivity index (χ2v) is 6.90. The van der Waals surface area contributed by atoms with Crippen LogP contribution in [-0.4, -0.2) is 42.1 Å². The second-order valence-electron chi connectivity index (χ2n) is 4.69. The monoisotopic (exact) mass is 274 g/mol. The number of nitriles is 1. The zero-order valence-corrected chi connectivity index (χ0v) is 11.4. The summed E-state index contributed by atoms with van der Waals surface area (Å²) in [6.45, 7) is 1.64. The van der Waals surface area contributed by atoms with Crippen molar-refractivity contribution in [2.75, 3.05) is 7.05 Å². The Morgan fingerprint density at radius 1 is 1.56 bits per heavy atom. The van der Waals surface area contributed by atoms with Crippen molar-refractivity contribution in [1.29, 1.82) is 5.26 Å². The first-order chi connectivity index (χ1) is 8.32. The molecule has 1 saturated carbocycles. The lowest BCUT2D eigenvalue weighted by atomic mass is 10.1. The normalized spacial score (nSPS) is 25.9. The van der Waals surface area contributed by atoms with Gasteiger partial charge in [-0.15, -0.1) is 0 Å². The van der Waals surface area contributed by atoms with Crippen LogP contribution in [0.25, 0.3) is 0 Å². The third-order valence-electron chi connectivity index (χ3n) is 3.56. The van der Waals surface area contributed by atoms with Gasteiger partial charge in [0, 0.05) is 13.1 Å². The molecule has 3 atom stereocenters. The maximum Gasteiger partial charge on any atom is 0.307 e. The Morgan fingerprint density at radius 3 is 2.67 bits per heavy atom. The highest BCUT2D eigenvalue weighted by atomic mass is 32.2. The molecule has 1 aliphatic carbocycles. The first-order valence-corrected chi connectivity index (χ1v) is 7.39. The van der Waals surface area contributed by atoms with E-state index in [1.54, 1.807) is 6.92 Å². The van der Waals surface area contributed by atoms with Gasteiger partial charge in [0.05, 0.1) is 23.7 Å². The van der Waals surface area contributed by atoms with Crippen LogP contribution in [0.3, 0.4) is 0 Å². The fraction of sp³-hybridized carbons (Fsp3) is 0.818. The van der Waals surface area contributed by atoms with Crippen LogP contribution in [0.2, 0.25) is 0 Å². The third kappa shape index (κ3) is 2.82. The summed E-state index contributed by atoms with van der Waals surface area (Å²) in [6, 6.07) is 1.49. The molecular weight excluding hydrogens is 256 g/mol. The first-order valence-electron chi connectivity index (χ1n) is 5.89. The fourth-order valence-electron chi connectivity index (χ4n) is 2.29. The molecule has 1 fully saturated rings. The predicted octanol–water partition coefficient (Wildman–Crippen LogP) is 0.803. The van der Waals surface area contributed by atoms with Gasteiger partial charge in [-0.1, -0.05) is 6.42 Å². The van der Waals surface area contributed by atoms with Crippen molar-refractivity contribution in [3.05, 3.63) is 0 Å². The molecule has 0 aromatic rings. The van der Waals surface area contributed by atoms with Crippen molar-refractivity contribution in [3.63, 3.8) is 0 Å². The summed E-state index contributed by atoms with van der Waals surface area (Å²) < 4.78 is 25.8. The Hall–Kier alpha value is -1.13. The summed E-state index contributed by atoms with van der Waals surface area (Å²) in [5, 5.41) is 16.8. The molecule has 3 unspecified atom stereocenters. The minimum absolute atomic E-state index is 0.0974. The number of sulfonamides is 1. The van der Waals surface area contributed by atoms with Crippen LogP contribution in [0.4, 0.5) is 0 Å². The van der Waals surface area contributed by atoms with Gasteiger partial charge in [-0.3, -0.25) is 4.79 Å². The fourth-order valence-corrected chi connectivity index (χ4v) is 4.43. The highest BCUT2D eigenvalue weighted by Gasteiger charge is 2.44. The Balaban J connectivity index is 2.93. The van der Waals surface area contributed by atoms with Gasteiger partial charge in [0.25, 0.3) is 0 Å². The zero-order chi connectivity index (χ0) is 13.9. The van der Waals surface area contributed by atoms with E-state index in [9.17, 15) is 13.2 Å². The molecule has 0 aromatic heterocycles. The molecule has 6 nitrogen and oxygen atoms in total. The van der Waals surface area contributed by atoms with Gasteiger partial charge in [-0.25, -0.2) is 12.7 Å². The van der Waals surface area contributed by atoms with Gasteiger partial charge in [0.15, 0.2) is 0 Å². The summed E-state index contributed by atoms with van der Waals surface area (Å²) >= 11 is 0. The van der Waals surface area contributed by atoms with E-state index in [1.807, 2.05) is 6.07 Å². The van der Waals surface area contributed by atoms with Crippen LogP contribution in [0.15, 0.2) is 0 Å². The average Bonchev–Trinajstić information content (AvgIpc) is 2.77. The lowest BCUT2D eigenvalue weighted by Gasteiger charge is -2.27. The second kappa shape index (κ2) is 5.67. The number of carbonyl (C=O) groups is 1. The van der Waals surface area contributed by atoms with Crippen molar-refractivity contribution < 1.29 is 18.3 Å². The molecule has 18 heavy (non-hydrogen) atoms. The predicted molar refractivity (Wildman–Crippen MR) is 65.1 cm³/mol. The number of carboxylic acid groups (broad SMARTS) is 1. The quantitative estimate of drug-likeness (QED) is 0.799. The Morgan fingerprint density at radius 2 is 2.17 bits per heavy atom. The third-order valence-corrected chi connectivity index (χ3v) is 6.05. The summed E-state index contributed by atoms with van der Waals surface area (Å²) in [5.41, 5.74) is 0. The van der Waals surface area contributed by atoms with Gasteiger partial charge in [-0.05, 0) is 19.8 Å². The molecule has 0 spiro atoms. The van der Waals surface area contributed by atoms with E-state index >= 15 is 0 Å². The first kappa shape index (κ1) is 14.9. The molecule has 0 radical (unpaired) electrons. The van der Waals surface area contributed by atoms with E-state index in [0.29, 0.717) is 19.3 Å². The Labute approximate surface area is 107 Å². The van der Waals surface area contributed by atoms with Crippen molar-refractivity contribution in [3.8, 4) is 6.07 Å². The summed E-state index contributed by atoms with van der Waals surface area (Å²) in [7, 11) is -2.24. The largest absolute Gasteiger partial charge is 0.481 e. The van der Waals surface area contributed by atoms with E-state index in [2.05, 4.69) is 0 Å². The molecule has 7 heteroatoms. The number of hydrogen-bond acceptors (Lipinski definition) is 4. The lowest BCUT2D eigenvalue weighted by Crippen LogP contribution is -2.44. The van der Waals surface area contributed by atoms with Crippen molar-refractivity contribution in [2.45, 2.75) is 43.9 Å². The van der Waals surface area contributed by atoms with Crippen LogP contribution >= 0.6 is 0 Å². The van der Waals surface area contributed by atoms with Gasteiger partial charge < -0.3 is 5.11 Å². The van der Waals surface area contributed by atoms with Crippen LogP contribution < -0.4 is 0 Å². The van der Waals surface area contributed by atoms with Gasteiger partial charge in [0.2, 0.25) is 10.0 Å². The minimum Gasteiger partial charge on any atom is -0.481 e. The summed E-state index contributed by atoms with van der Waals surface area (Å²) in [6.07, 6.45) is 1.49. The maximum atomic E-state index is 12.3. The van der Waals surface area contributed by atoms with Gasteiger partial charge >= 0.3 is 5.97 Å². The van der Waals surface area contributed by atoms with Crippen LogP contribution in [0, 0.1) is 17.2 Å². The number of hydrogen-bond donors (Lipinski definition) is 1. The number of rotatable bonds is 5. The Kier molecular flexibility index (Phi) is 4.71. The van der Waals surface area contributed by atoms with E-state index in [-0.39, 0.29) is 6.42 Å². The molecule has 0 bridgehead atoms. The molecule has 0 aliphatic heterocycles. The highest BCUT2D eigenvalue weighted by molar-refractivity contribution is 7.89. The maximum absolute atomic E-state index is 12.3. The van der Waals surface area contributed by atoms with Gasteiger partial charge in [0.1, 0.15) is 0 Å². The number of carboxylic acids is 1. The zero-order valence-electron chi connectivity index (χ0n) is 10.5. The molecule has 1 N–H and O–H groups in total. The van der Waals surface area contributed by atoms with Crippen LogP contribution in [-0.2, 0) is 14.8 Å². The van der Waals surface area contributed by atoms with E-state index in [1.165, 1.54) is 7.05 Å². The van der Waals surface area contributed by atoms with Crippen molar-refractivity contribution in [2.24, 2.45) is 5.92 Å². The molecule has 0 saturated heterocycles. The molecule has 0 aromatic carbocycles. The van der Waals surface area contributed by atoms with Gasteiger partial charge in [-0.2, -0.15) is 5.26 Å². The lowest BCUT2D eigenvalue weighted by molar-refractivity contribution is -0.141. The minimum atomic E-state index is -3.65. The van der Waals surface area contributed by atoms with Crippen molar-refractivity contribution >= 4 is 16.0 Å². The average molecular weight is 274 g/mol. The van der Waals surface area contributed by atoms with E-state index < -0.39 is 33.2 Å². The van der Waals surface area contributed by atoms with E-state index in [0.717, 1.165) is 4.31 Å². The van der Waals surface area contributed by atoms with Crippen LogP contribution in [0.5, 0.6) is 0 Å². The SMILES string of the molecule is CC(CC#N)N(C)S(=O)(=O)C1CCCC1C(=O)O. The molecule has 0 heterocycles. The standard InChI is InChI=1S/C11H18N2O4S/c1-8(6-7-12)13(2)18(16,17)10-5-3-4-9(10)11(14)15/h8-10H,3-6H2,1-2H3,(H,14,15). The smallest absolute Gasteiger partial charge is 0.307 e. The number of aliphatic carboxylic acids is 1.